The minimum Gasteiger partial charge on any atom is -0.366 e. The zero-order valence-electron chi connectivity index (χ0n) is 17.1. The summed E-state index contributed by atoms with van der Waals surface area (Å²) in [4.78, 5) is 25.9. The molecule has 0 saturated heterocycles. The van der Waals surface area contributed by atoms with E-state index in [1.807, 2.05) is 44.4 Å². The number of carbonyl (C=O) groups is 2. The van der Waals surface area contributed by atoms with Crippen LogP contribution < -0.4 is 16.4 Å². The lowest BCUT2D eigenvalue weighted by molar-refractivity contribution is 0.1000. The highest BCUT2D eigenvalue weighted by atomic mass is 16.2. The minimum absolute atomic E-state index is 0.0651. The van der Waals surface area contributed by atoms with Crippen molar-refractivity contribution in [2.75, 3.05) is 20.6 Å². The molecule has 0 aromatic heterocycles. The lowest BCUT2D eigenvalue weighted by Crippen LogP contribution is -2.46. The van der Waals surface area contributed by atoms with E-state index < -0.39 is 5.91 Å². The second-order valence-electron chi connectivity index (χ2n) is 7.96. The predicted molar refractivity (Wildman–Crippen MR) is 115 cm³/mol. The molecule has 2 unspecified atom stereocenters. The molecule has 0 radical (unpaired) electrons. The van der Waals surface area contributed by atoms with E-state index in [1.165, 1.54) is 0 Å². The Morgan fingerprint density at radius 1 is 1.07 bits per heavy atom. The fourth-order valence-electron chi connectivity index (χ4n) is 3.48. The monoisotopic (exact) mass is 394 g/mol. The Hall–Kier alpha value is -2.86. The van der Waals surface area contributed by atoms with E-state index >= 15 is 0 Å². The normalized spacial score (nSPS) is 15.6. The Morgan fingerprint density at radius 3 is 2.28 bits per heavy atom. The van der Waals surface area contributed by atoms with Crippen LogP contribution in [0.5, 0.6) is 0 Å². The molecule has 2 aromatic carbocycles. The molecule has 6 nitrogen and oxygen atoms in total. The highest BCUT2D eigenvalue weighted by Gasteiger charge is 2.33. The molecule has 3 amide bonds. The lowest BCUT2D eigenvalue weighted by atomic mass is 10.0. The number of rotatable bonds is 9. The zero-order valence-corrected chi connectivity index (χ0v) is 17.1. The van der Waals surface area contributed by atoms with E-state index in [9.17, 15) is 9.59 Å². The molecule has 0 bridgehead atoms. The van der Waals surface area contributed by atoms with Crippen molar-refractivity contribution in [2.24, 2.45) is 11.7 Å². The van der Waals surface area contributed by atoms with Crippen LogP contribution in [0.3, 0.4) is 0 Å². The van der Waals surface area contributed by atoms with Crippen LogP contribution in [-0.4, -0.2) is 43.5 Å². The Kier molecular flexibility index (Phi) is 6.88. The Balaban J connectivity index is 1.55. The molecule has 4 N–H and O–H groups in total. The quantitative estimate of drug-likeness (QED) is 0.611. The molecule has 1 saturated carbocycles. The van der Waals surface area contributed by atoms with Crippen molar-refractivity contribution in [1.29, 1.82) is 0 Å². The molecule has 0 aliphatic heterocycles. The number of benzene rings is 2. The predicted octanol–water partition coefficient (Wildman–Crippen LogP) is 2.71. The summed E-state index contributed by atoms with van der Waals surface area (Å²) < 4.78 is 0. The maximum Gasteiger partial charge on any atom is 0.315 e. The van der Waals surface area contributed by atoms with E-state index in [0.29, 0.717) is 18.0 Å². The van der Waals surface area contributed by atoms with Gasteiger partial charge in [0, 0.05) is 18.2 Å². The molecule has 2 aromatic rings. The summed E-state index contributed by atoms with van der Waals surface area (Å²) in [5.74, 6) is 0.0965. The van der Waals surface area contributed by atoms with Gasteiger partial charge >= 0.3 is 6.03 Å². The molecule has 29 heavy (non-hydrogen) atoms. The van der Waals surface area contributed by atoms with Gasteiger partial charge in [0.15, 0.2) is 0 Å². The third-order valence-electron chi connectivity index (χ3n) is 5.48. The van der Waals surface area contributed by atoms with Crippen molar-refractivity contribution >= 4 is 11.9 Å². The number of primary amides is 1. The molecule has 1 fully saturated rings. The largest absolute Gasteiger partial charge is 0.366 e. The molecule has 1 aliphatic carbocycles. The number of hydrogen-bond donors (Lipinski definition) is 3. The van der Waals surface area contributed by atoms with Crippen LogP contribution in [0.15, 0.2) is 54.6 Å². The van der Waals surface area contributed by atoms with Gasteiger partial charge < -0.3 is 21.3 Å². The van der Waals surface area contributed by atoms with Gasteiger partial charge in [-0.2, -0.15) is 0 Å². The minimum atomic E-state index is -0.428. The van der Waals surface area contributed by atoms with Crippen molar-refractivity contribution in [3.05, 3.63) is 71.3 Å². The number of nitrogens with zero attached hydrogens (tertiary/aromatic N) is 1. The molecule has 2 atom stereocenters. The number of hydrogen-bond acceptors (Lipinski definition) is 3. The number of likely N-dealkylation sites (N-methyl/N-ethyl adjacent to an activating group) is 1. The van der Waals surface area contributed by atoms with Crippen LogP contribution in [0.4, 0.5) is 4.79 Å². The summed E-state index contributed by atoms with van der Waals surface area (Å²) in [6, 6.07) is 17.5. The van der Waals surface area contributed by atoms with Gasteiger partial charge in [0.25, 0.3) is 0 Å². The summed E-state index contributed by atoms with van der Waals surface area (Å²) in [5.41, 5.74) is 8.05. The van der Waals surface area contributed by atoms with Gasteiger partial charge in [-0.1, -0.05) is 42.5 Å². The number of carbonyl (C=O) groups excluding carboxylic acids is 2. The summed E-state index contributed by atoms with van der Waals surface area (Å²) in [7, 11) is 4.00. The average Bonchev–Trinajstić information content (AvgIpc) is 3.55. The first kappa shape index (κ1) is 20.9. The van der Waals surface area contributed by atoms with Crippen molar-refractivity contribution in [3.8, 4) is 0 Å². The van der Waals surface area contributed by atoms with Crippen LogP contribution in [0.2, 0.25) is 0 Å². The third kappa shape index (κ3) is 6.06. The summed E-state index contributed by atoms with van der Waals surface area (Å²) in [6.45, 7) is 0.530. The fourth-order valence-corrected chi connectivity index (χ4v) is 3.48. The molecule has 154 valence electrons. The van der Waals surface area contributed by atoms with E-state index in [4.69, 9.17) is 5.73 Å². The fraction of sp³-hybridized carbons (Fsp3) is 0.391. The first-order valence-corrected chi connectivity index (χ1v) is 10.1. The first-order chi connectivity index (χ1) is 13.9. The van der Waals surface area contributed by atoms with E-state index in [-0.39, 0.29) is 18.1 Å². The summed E-state index contributed by atoms with van der Waals surface area (Å²) in [6.07, 6.45) is 3.07. The molecule has 3 rings (SSSR count). The maximum atomic E-state index is 12.6. The molecule has 6 heteroatoms. The van der Waals surface area contributed by atoms with Crippen LogP contribution in [-0.2, 0) is 6.42 Å². The topological polar surface area (TPSA) is 87.5 Å². The van der Waals surface area contributed by atoms with Crippen LogP contribution >= 0.6 is 0 Å². The second kappa shape index (κ2) is 9.56. The van der Waals surface area contributed by atoms with E-state index in [1.54, 1.807) is 12.1 Å². The molecule has 1 aliphatic rings. The number of amides is 3. The van der Waals surface area contributed by atoms with Crippen LogP contribution in [0.1, 0.15) is 40.4 Å². The highest BCUT2D eigenvalue weighted by Crippen LogP contribution is 2.40. The third-order valence-corrected chi connectivity index (χ3v) is 5.48. The Morgan fingerprint density at radius 2 is 1.72 bits per heavy atom. The SMILES string of the molecule is CN(C)C(CNC(=O)NC(c1ccccc1)C1CC1)Cc1ccc(C(N)=O)cc1. The average molecular weight is 395 g/mol. The number of nitrogens with two attached hydrogens (primary N) is 1. The Labute approximate surface area is 172 Å². The maximum absolute atomic E-state index is 12.6. The highest BCUT2D eigenvalue weighted by molar-refractivity contribution is 5.92. The van der Waals surface area contributed by atoms with Gasteiger partial charge in [0.05, 0.1) is 6.04 Å². The zero-order chi connectivity index (χ0) is 20.8. The van der Waals surface area contributed by atoms with Crippen LogP contribution in [0, 0.1) is 5.92 Å². The summed E-state index contributed by atoms with van der Waals surface area (Å²) in [5, 5.41) is 6.18. The van der Waals surface area contributed by atoms with Gasteiger partial charge in [-0.05, 0) is 62.5 Å². The van der Waals surface area contributed by atoms with Gasteiger partial charge in [0.2, 0.25) is 5.91 Å². The van der Waals surface area contributed by atoms with Crippen molar-refractivity contribution in [1.82, 2.24) is 15.5 Å². The van der Waals surface area contributed by atoms with Crippen molar-refractivity contribution in [3.63, 3.8) is 0 Å². The molecule has 0 heterocycles. The second-order valence-corrected chi connectivity index (χ2v) is 7.96. The first-order valence-electron chi connectivity index (χ1n) is 10.1. The van der Waals surface area contributed by atoms with Crippen molar-refractivity contribution in [2.45, 2.75) is 31.3 Å². The summed E-state index contributed by atoms with van der Waals surface area (Å²) >= 11 is 0. The molecular weight excluding hydrogens is 364 g/mol. The standard InChI is InChI=1S/C23H30N4O2/c1-27(2)20(14-16-8-10-19(11-9-16)22(24)28)15-25-23(29)26-21(18-12-13-18)17-6-4-3-5-7-17/h3-11,18,20-21H,12-15H2,1-2H3,(H2,24,28)(H2,25,26,29). The molecular formula is C23H30N4O2. The van der Waals surface area contributed by atoms with Crippen LogP contribution in [0.25, 0.3) is 0 Å². The lowest BCUT2D eigenvalue weighted by Gasteiger charge is -2.26. The number of nitrogens with one attached hydrogen (secondary N) is 2. The van der Waals surface area contributed by atoms with Gasteiger partial charge in [-0.25, -0.2) is 4.79 Å². The number of urea groups is 1. The van der Waals surface area contributed by atoms with Gasteiger partial charge in [0.1, 0.15) is 0 Å². The van der Waals surface area contributed by atoms with Gasteiger partial charge in [-0.15, -0.1) is 0 Å². The van der Waals surface area contributed by atoms with Crippen molar-refractivity contribution < 1.29 is 9.59 Å². The Bertz CT molecular complexity index is 817. The van der Waals surface area contributed by atoms with E-state index in [2.05, 4.69) is 27.7 Å². The smallest absolute Gasteiger partial charge is 0.315 e. The van der Waals surface area contributed by atoms with Gasteiger partial charge in [-0.3, -0.25) is 4.79 Å². The molecule has 0 spiro atoms. The van der Waals surface area contributed by atoms with E-state index in [0.717, 1.165) is 30.4 Å².